The molecule has 102 valence electrons. The Labute approximate surface area is 114 Å². The molecule has 0 saturated heterocycles. The van der Waals surface area contributed by atoms with E-state index in [2.05, 4.69) is 9.97 Å². The number of rotatable bonds is 2. The van der Waals surface area contributed by atoms with Crippen molar-refractivity contribution in [2.24, 2.45) is 5.73 Å². The predicted octanol–water partition coefficient (Wildman–Crippen LogP) is 3.28. The second-order valence-electron chi connectivity index (χ2n) is 4.72. The molecule has 0 saturated carbocycles. The first-order chi connectivity index (χ1) is 9.58. The Morgan fingerprint density at radius 1 is 1.15 bits per heavy atom. The molecule has 1 heterocycles. The standard InChI is InChI=1S/C15H13F2N3/c1-8-4-10(12(17)6-11(8)16)15-19-13-3-2-9(7-18)5-14(13)20-15/h2-6H,7,18H2,1H3,(H,19,20). The molecule has 3 rings (SSSR count). The molecule has 0 aliphatic rings. The lowest BCUT2D eigenvalue weighted by Gasteiger charge is -2.02. The van der Waals surface area contributed by atoms with Crippen molar-refractivity contribution < 1.29 is 8.78 Å². The zero-order valence-electron chi connectivity index (χ0n) is 10.9. The van der Waals surface area contributed by atoms with Gasteiger partial charge < -0.3 is 10.7 Å². The number of nitrogens with two attached hydrogens (primary N) is 1. The van der Waals surface area contributed by atoms with Gasteiger partial charge in [0.25, 0.3) is 0 Å². The highest BCUT2D eigenvalue weighted by Gasteiger charge is 2.13. The molecule has 3 nitrogen and oxygen atoms in total. The Bertz CT molecular complexity index is 793. The summed E-state index contributed by atoms with van der Waals surface area (Å²) in [6.45, 7) is 2.02. The summed E-state index contributed by atoms with van der Waals surface area (Å²) in [5.74, 6) is -0.811. The van der Waals surface area contributed by atoms with E-state index in [9.17, 15) is 8.78 Å². The van der Waals surface area contributed by atoms with E-state index in [4.69, 9.17) is 5.73 Å². The van der Waals surface area contributed by atoms with E-state index in [1.807, 2.05) is 18.2 Å². The smallest absolute Gasteiger partial charge is 0.141 e. The Morgan fingerprint density at radius 3 is 2.70 bits per heavy atom. The molecule has 0 aliphatic carbocycles. The van der Waals surface area contributed by atoms with Crippen molar-refractivity contribution in [1.82, 2.24) is 9.97 Å². The van der Waals surface area contributed by atoms with Gasteiger partial charge >= 0.3 is 0 Å². The van der Waals surface area contributed by atoms with Gasteiger partial charge in [0, 0.05) is 12.6 Å². The number of fused-ring (bicyclic) bond motifs is 1. The van der Waals surface area contributed by atoms with Crippen LogP contribution in [0.2, 0.25) is 0 Å². The fourth-order valence-corrected chi connectivity index (χ4v) is 2.15. The van der Waals surface area contributed by atoms with Gasteiger partial charge in [-0.15, -0.1) is 0 Å². The number of nitrogens with zero attached hydrogens (tertiary/aromatic N) is 1. The van der Waals surface area contributed by atoms with E-state index < -0.39 is 11.6 Å². The van der Waals surface area contributed by atoms with Crippen molar-refractivity contribution in [2.45, 2.75) is 13.5 Å². The van der Waals surface area contributed by atoms with E-state index in [-0.39, 0.29) is 5.56 Å². The molecule has 0 fully saturated rings. The van der Waals surface area contributed by atoms with Crippen LogP contribution in [0.3, 0.4) is 0 Å². The minimum absolute atomic E-state index is 0.259. The van der Waals surface area contributed by atoms with E-state index in [0.717, 1.165) is 22.7 Å². The summed E-state index contributed by atoms with van der Waals surface area (Å²) in [6, 6.07) is 7.90. The maximum absolute atomic E-state index is 13.9. The number of H-pyrrole nitrogens is 1. The molecule has 2 aromatic carbocycles. The lowest BCUT2D eigenvalue weighted by atomic mass is 10.1. The van der Waals surface area contributed by atoms with Crippen molar-refractivity contribution in [1.29, 1.82) is 0 Å². The van der Waals surface area contributed by atoms with Crippen LogP contribution in [0.5, 0.6) is 0 Å². The van der Waals surface area contributed by atoms with Crippen LogP contribution in [-0.4, -0.2) is 9.97 Å². The van der Waals surface area contributed by atoms with Crippen LogP contribution < -0.4 is 5.73 Å². The van der Waals surface area contributed by atoms with Gasteiger partial charge in [0.15, 0.2) is 0 Å². The summed E-state index contributed by atoms with van der Waals surface area (Å²) in [4.78, 5) is 7.38. The number of hydrogen-bond acceptors (Lipinski definition) is 2. The summed E-state index contributed by atoms with van der Waals surface area (Å²) in [5.41, 5.74) is 8.69. The summed E-state index contributed by atoms with van der Waals surface area (Å²) in [5, 5.41) is 0. The third kappa shape index (κ3) is 2.06. The van der Waals surface area contributed by atoms with Crippen molar-refractivity contribution in [3.05, 3.63) is 53.1 Å². The third-order valence-corrected chi connectivity index (χ3v) is 3.29. The Kier molecular flexibility index (Phi) is 2.99. The molecule has 0 spiro atoms. The normalized spacial score (nSPS) is 11.2. The van der Waals surface area contributed by atoms with Gasteiger partial charge in [0.05, 0.1) is 16.6 Å². The number of aromatic nitrogens is 2. The number of benzene rings is 2. The fraction of sp³-hybridized carbons (Fsp3) is 0.133. The Hall–Kier alpha value is -2.27. The first-order valence-electron chi connectivity index (χ1n) is 6.23. The number of nitrogens with one attached hydrogen (secondary N) is 1. The van der Waals surface area contributed by atoms with Crippen LogP contribution in [0.25, 0.3) is 22.4 Å². The molecular weight excluding hydrogens is 260 g/mol. The number of halogens is 2. The molecule has 3 aromatic rings. The largest absolute Gasteiger partial charge is 0.338 e. The van der Waals surface area contributed by atoms with Crippen LogP contribution >= 0.6 is 0 Å². The van der Waals surface area contributed by atoms with Crippen LogP contribution in [0, 0.1) is 18.6 Å². The fourth-order valence-electron chi connectivity index (χ4n) is 2.15. The van der Waals surface area contributed by atoms with Crippen molar-refractivity contribution in [3.8, 4) is 11.4 Å². The second-order valence-corrected chi connectivity index (χ2v) is 4.72. The molecule has 0 atom stereocenters. The monoisotopic (exact) mass is 273 g/mol. The molecule has 3 N–H and O–H groups in total. The zero-order valence-corrected chi connectivity index (χ0v) is 10.9. The quantitative estimate of drug-likeness (QED) is 0.753. The molecule has 5 heteroatoms. The number of imidazole rings is 1. The van der Waals surface area contributed by atoms with Crippen molar-refractivity contribution >= 4 is 11.0 Å². The number of aryl methyl sites for hydroxylation is 1. The highest BCUT2D eigenvalue weighted by Crippen LogP contribution is 2.25. The van der Waals surface area contributed by atoms with Gasteiger partial charge in [-0.1, -0.05) is 6.07 Å². The van der Waals surface area contributed by atoms with Crippen LogP contribution in [-0.2, 0) is 6.54 Å². The molecule has 0 aliphatic heterocycles. The predicted molar refractivity (Wildman–Crippen MR) is 74.1 cm³/mol. The SMILES string of the molecule is Cc1cc(-c2nc3ccc(CN)cc3[nH]2)c(F)cc1F. The summed E-state index contributed by atoms with van der Waals surface area (Å²) < 4.78 is 27.2. The highest BCUT2D eigenvalue weighted by molar-refractivity contribution is 5.80. The molecule has 0 radical (unpaired) electrons. The topological polar surface area (TPSA) is 54.7 Å². The molecular formula is C15H13F2N3. The molecule has 0 bridgehead atoms. The van der Waals surface area contributed by atoms with Crippen LogP contribution in [0.1, 0.15) is 11.1 Å². The van der Waals surface area contributed by atoms with Crippen molar-refractivity contribution in [3.63, 3.8) is 0 Å². The van der Waals surface area contributed by atoms with E-state index in [1.165, 1.54) is 6.07 Å². The number of hydrogen-bond donors (Lipinski definition) is 2. The van der Waals surface area contributed by atoms with E-state index in [1.54, 1.807) is 6.92 Å². The Morgan fingerprint density at radius 2 is 1.95 bits per heavy atom. The average molecular weight is 273 g/mol. The third-order valence-electron chi connectivity index (χ3n) is 3.29. The van der Waals surface area contributed by atoms with Gasteiger partial charge in [0.1, 0.15) is 17.5 Å². The lowest BCUT2D eigenvalue weighted by molar-refractivity contribution is 0.579. The van der Waals surface area contributed by atoms with Crippen LogP contribution in [0.15, 0.2) is 30.3 Å². The minimum Gasteiger partial charge on any atom is -0.338 e. The first kappa shape index (κ1) is 12.7. The van der Waals surface area contributed by atoms with Gasteiger partial charge in [-0.2, -0.15) is 0 Å². The Balaban J connectivity index is 2.17. The maximum Gasteiger partial charge on any atom is 0.141 e. The molecule has 0 amide bonds. The highest BCUT2D eigenvalue weighted by atomic mass is 19.1. The summed E-state index contributed by atoms with van der Waals surface area (Å²) >= 11 is 0. The molecule has 1 aromatic heterocycles. The molecule has 20 heavy (non-hydrogen) atoms. The summed E-state index contributed by atoms with van der Waals surface area (Å²) in [6.07, 6.45) is 0. The van der Waals surface area contributed by atoms with Crippen molar-refractivity contribution in [2.75, 3.05) is 0 Å². The maximum atomic E-state index is 13.9. The second kappa shape index (κ2) is 4.68. The van der Waals surface area contributed by atoms with Gasteiger partial charge in [-0.05, 0) is 36.2 Å². The van der Waals surface area contributed by atoms with Gasteiger partial charge in [-0.25, -0.2) is 13.8 Å². The summed E-state index contributed by atoms with van der Waals surface area (Å²) in [7, 11) is 0. The van der Waals surface area contributed by atoms with Gasteiger partial charge in [-0.3, -0.25) is 0 Å². The minimum atomic E-state index is -0.633. The zero-order chi connectivity index (χ0) is 14.3. The van der Waals surface area contributed by atoms with E-state index >= 15 is 0 Å². The van der Waals surface area contributed by atoms with Gasteiger partial charge in [0.2, 0.25) is 0 Å². The lowest BCUT2D eigenvalue weighted by Crippen LogP contribution is -1.95. The average Bonchev–Trinajstić information content (AvgIpc) is 2.85. The van der Waals surface area contributed by atoms with E-state index in [0.29, 0.717) is 17.9 Å². The molecule has 0 unspecified atom stereocenters. The number of aromatic amines is 1. The van der Waals surface area contributed by atoms with Crippen LogP contribution in [0.4, 0.5) is 8.78 Å². The first-order valence-corrected chi connectivity index (χ1v) is 6.23.